The lowest BCUT2D eigenvalue weighted by Crippen LogP contribution is -2.35. The summed E-state index contributed by atoms with van der Waals surface area (Å²) in [6.07, 6.45) is -9.61. The minimum Gasteiger partial charge on any atom is -0.468 e. The highest BCUT2D eigenvalue weighted by Crippen LogP contribution is 2.34. The van der Waals surface area contributed by atoms with Crippen LogP contribution in [0.3, 0.4) is 0 Å². The van der Waals surface area contributed by atoms with E-state index < -0.39 is 34.9 Å². The molecule has 0 unspecified atom stereocenters. The van der Waals surface area contributed by atoms with Crippen molar-refractivity contribution in [3.8, 4) is 6.07 Å². The van der Waals surface area contributed by atoms with Crippen molar-refractivity contribution < 1.29 is 35.9 Å². The third-order valence-electron chi connectivity index (χ3n) is 4.36. The Bertz CT molecular complexity index is 834. The van der Waals surface area contributed by atoms with Gasteiger partial charge in [-0.15, -0.1) is 0 Å². The number of nitrogens with zero attached hydrogens (tertiary/aromatic N) is 1. The molecule has 9 heteroatoms. The second kappa shape index (κ2) is 8.15. The number of carbonyl (C=O) groups excluding carboxylic acids is 1. The van der Waals surface area contributed by atoms with E-state index in [0.717, 1.165) is 55.6 Å². The standard InChI is InChI=1S/C20H15F6NO2/c1-29-17(28)18(12-27,10-13-2-6-15(7-3-13)19(21,22)23)11-14-4-8-16(9-5-14)20(24,25)26/h2-9H,10-11H2,1H3. The first kappa shape index (κ1) is 22.3. The summed E-state index contributed by atoms with van der Waals surface area (Å²) < 4.78 is 80.9. The van der Waals surface area contributed by atoms with Gasteiger partial charge >= 0.3 is 18.3 Å². The minimum atomic E-state index is -4.53. The van der Waals surface area contributed by atoms with Gasteiger partial charge in [0.05, 0.1) is 24.3 Å². The second-order valence-electron chi connectivity index (χ2n) is 6.43. The number of ether oxygens (including phenoxy) is 1. The molecule has 0 aliphatic heterocycles. The predicted octanol–water partition coefficient (Wildman–Crippen LogP) is 5.19. The van der Waals surface area contributed by atoms with Crippen molar-refractivity contribution in [2.24, 2.45) is 5.41 Å². The first-order valence-corrected chi connectivity index (χ1v) is 8.23. The van der Waals surface area contributed by atoms with Gasteiger partial charge in [-0.05, 0) is 35.4 Å². The summed E-state index contributed by atoms with van der Waals surface area (Å²) in [5.74, 6) is -0.931. The van der Waals surface area contributed by atoms with Gasteiger partial charge in [0.2, 0.25) is 0 Å². The number of hydrogen-bond donors (Lipinski definition) is 0. The zero-order chi connectivity index (χ0) is 21.9. The Morgan fingerprint density at radius 3 is 1.41 bits per heavy atom. The maximum absolute atomic E-state index is 12.7. The molecular weight excluding hydrogens is 400 g/mol. The Hall–Kier alpha value is -3.02. The Kier molecular flexibility index (Phi) is 6.26. The summed E-state index contributed by atoms with van der Waals surface area (Å²) in [5, 5.41) is 9.66. The fourth-order valence-electron chi connectivity index (χ4n) is 2.85. The van der Waals surface area contributed by atoms with Crippen molar-refractivity contribution in [3.63, 3.8) is 0 Å². The van der Waals surface area contributed by atoms with Crippen molar-refractivity contribution in [2.45, 2.75) is 25.2 Å². The van der Waals surface area contributed by atoms with Gasteiger partial charge in [0.25, 0.3) is 0 Å². The van der Waals surface area contributed by atoms with Crippen LogP contribution in [0, 0.1) is 16.7 Å². The van der Waals surface area contributed by atoms with Crippen molar-refractivity contribution in [3.05, 3.63) is 70.8 Å². The molecule has 2 rings (SSSR count). The van der Waals surface area contributed by atoms with E-state index in [1.54, 1.807) is 0 Å². The van der Waals surface area contributed by atoms with Crippen LogP contribution < -0.4 is 0 Å². The topological polar surface area (TPSA) is 50.1 Å². The highest BCUT2D eigenvalue weighted by molar-refractivity contribution is 5.81. The van der Waals surface area contributed by atoms with Gasteiger partial charge in [0, 0.05) is 12.8 Å². The van der Waals surface area contributed by atoms with E-state index in [1.807, 2.05) is 6.07 Å². The molecule has 0 aliphatic rings. The summed E-state index contributed by atoms with van der Waals surface area (Å²) >= 11 is 0. The number of nitriles is 1. The van der Waals surface area contributed by atoms with Crippen molar-refractivity contribution in [1.82, 2.24) is 0 Å². The number of methoxy groups -OCH3 is 1. The minimum absolute atomic E-state index is 0.269. The lowest BCUT2D eigenvalue weighted by atomic mass is 9.77. The number of hydrogen-bond acceptors (Lipinski definition) is 3. The molecule has 0 saturated heterocycles. The summed E-state index contributed by atoms with van der Waals surface area (Å²) in [6.45, 7) is 0. The highest BCUT2D eigenvalue weighted by Gasteiger charge is 2.41. The van der Waals surface area contributed by atoms with Gasteiger partial charge < -0.3 is 4.74 Å². The molecule has 0 bridgehead atoms. The molecule has 0 spiro atoms. The van der Waals surface area contributed by atoms with Crippen LogP contribution in [0.25, 0.3) is 0 Å². The first-order chi connectivity index (χ1) is 13.4. The zero-order valence-corrected chi connectivity index (χ0v) is 15.1. The van der Waals surface area contributed by atoms with E-state index in [0.29, 0.717) is 0 Å². The van der Waals surface area contributed by atoms with Crippen LogP contribution in [0.15, 0.2) is 48.5 Å². The highest BCUT2D eigenvalue weighted by atomic mass is 19.4. The Morgan fingerprint density at radius 1 is 0.828 bits per heavy atom. The van der Waals surface area contributed by atoms with Crippen LogP contribution in [0.5, 0.6) is 0 Å². The Balaban J connectivity index is 2.34. The lowest BCUT2D eigenvalue weighted by Gasteiger charge is -2.24. The molecule has 29 heavy (non-hydrogen) atoms. The van der Waals surface area contributed by atoms with Gasteiger partial charge in [0.1, 0.15) is 0 Å². The summed E-state index contributed by atoms with van der Waals surface area (Å²) in [5.41, 5.74) is -3.03. The van der Waals surface area contributed by atoms with E-state index in [9.17, 15) is 36.4 Å². The third-order valence-corrected chi connectivity index (χ3v) is 4.36. The summed E-state index contributed by atoms with van der Waals surface area (Å²) in [6, 6.07) is 9.71. The molecule has 154 valence electrons. The maximum Gasteiger partial charge on any atom is 0.416 e. The largest absolute Gasteiger partial charge is 0.468 e. The normalized spacial score (nSPS) is 12.3. The fraction of sp³-hybridized carbons (Fsp3) is 0.300. The van der Waals surface area contributed by atoms with Crippen molar-refractivity contribution >= 4 is 5.97 Å². The van der Waals surface area contributed by atoms with E-state index in [2.05, 4.69) is 4.74 Å². The average Bonchev–Trinajstić information content (AvgIpc) is 2.66. The van der Waals surface area contributed by atoms with E-state index in [4.69, 9.17) is 0 Å². The van der Waals surface area contributed by atoms with E-state index >= 15 is 0 Å². The van der Waals surface area contributed by atoms with Crippen LogP contribution in [0.4, 0.5) is 26.3 Å². The van der Waals surface area contributed by atoms with Crippen molar-refractivity contribution in [1.29, 1.82) is 5.26 Å². The molecule has 0 radical (unpaired) electrons. The van der Waals surface area contributed by atoms with Gasteiger partial charge in [-0.25, -0.2) is 0 Å². The van der Waals surface area contributed by atoms with Gasteiger partial charge in [-0.2, -0.15) is 31.6 Å². The van der Waals surface area contributed by atoms with Gasteiger partial charge in [-0.3, -0.25) is 4.79 Å². The molecule has 2 aromatic carbocycles. The maximum atomic E-state index is 12.7. The number of halogens is 6. The molecular formula is C20H15F6NO2. The average molecular weight is 415 g/mol. The number of rotatable bonds is 5. The van der Waals surface area contributed by atoms with Crippen LogP contribution in [-0.4, -0.2) is 13.1 Å². The molecule has 0 aliphatic carbocycles. The number of alkyl halides is 6. The quantitative estimate of drug-likeness (QED) is 0.499. The molecule has 0 atom stereocenters. The van der Waals surface area contributed by atoms with Crippen LogP contribution in [0.1, 0.15) is 22.3 Å². The predicted molar refractivity (Wildman–Crippen MR) is 90.4 cm³/mol. The summed E-state index contributed by atoms with van der Waals surface area (Å²) in [4.78, 5) is 12.3. The Labute approximate surface area is 162 Å². The fourth-order valence-corrected chi connectivity index (χ4v) is 2.85. The molecule has 0 saturated carbocycles. The zero-order valence-electron chi connectivity index (χ0n) is 15.1. The smallest absolute Gasteiger partial charge is 0.416 e. The lowest BCUT2D eigenvalue weighted by molar-refractivity contribution is -0.149. The molecule has 0 aromatic heterocycles. The third kappa shape index (κ3) is 5.28. The van der Waals surface area contributed by atoms with Crippen LogP contribution in [0.2, 0.25) is 0 Å². The molecule has 0 N–H and O–H groups in total. The van der Waals surface area contributed by atoms with Crippen LogP contribution >= 0.6 is 0 Å². The van der Waals surface area contributed by atoms with Crippen molar-refractivity contribution in [2.75, 3.05) is 7.11 Å². The van der Waals surface area contributed by atoms with E-state index in [-0.39, 0.29) is 24.0 Å². The SMILES string of the molecule is COC(=O)C(C#N)(Cc1ccc(C(F)(F)F)cc1)Cc1ccc(C(F)(F)F)cc1. The van der Waals surface area contributed by atoms with Crippen LogP contribution in [-0.2, 0) is 34.7 Å². The van der Waals surface area contributed by atoms with Gasteiger partial charge in [-0.1, -0.05) is 24.3 Å². The number of benzene rings is 2. The van der Waals surface area contributed by atoms with Gasteiger partial charge in [0.15, 0.2) is 5.41 Å². The van der Waals surface area contributed by atoms with E-state index in [1.165, 1.54) is 0 Å². The molecule has 0 heterocycles. The molecule has 0 fully saturated rings. The molecule has 2 aromatic rings. The first-order valence-electron chi connectivity index (χ1n) is 8.23. The monoisotopic (exact) mass is 415 g/mol. The number of carbonyl (C=O) groups is 1. The summed E-state index contributed by atoms with van der Waals surface area (Å²) in [7, 11) is 1.05. The Morgan fingerprint density at radius 2 is 1.17 bits per heavy atom. The molecule has 3 nitrogen and oxygen atoms in total. The number of esters is 1. The molecule has 0 amide bonds. The second-order valence-corrected chi connectivity index (χ2v) is 6.43.